The molecule has 0 spiro atoms. The van der Waals surface area contributed by atoms with Gasteiger partial charge in [0.05, 0.1) is 4.90 Å². The third-order valence-corrected chi connectivity index (χ3v) is 7.03. The molecule has 1 saturated carbocycles. The number of hydrogen-bond donors (Lipinski definition) is 1. The van der Waals surface area contributed by atoms with Gasteiger partial charge in [-0.1, -0.05) is 25.8 Å². The van der Waals surface area contributed by atoms with Crippen LogP contribution in [0.25, 0.3) is 0 Å². The lowest BCUT2D eigenvalue weighted by Gasteiger charge is -2.27. The van der Waals surface area contributed by atoms with Gasteiger partial charge in [0.15, 0.2) is 0 Å². The molecule has 0 bridgehead atoms. The summed E-state index contributed by atoms with van der Waals surface area (Å²) in [5.41, 5.74) is 0.974. The van der Waals surface area contributed by atoms with E-state index in [2.05, 4.69) is 21.2 Å². The summed E-state index contributed by atoms with van der Waals surface area (Å²) in [6, 6.07) is 5.68. The Balaban J connectivity index is 2.39. The summed E-state index contributed by atoms with van der Waals surface area (Å²) in [6.45, 7) is 3.10. The molecular weight excluding hydrogens is 352 g/mol. The predicted molar refractivity (Wildman–Crippen MR) is 88.7 cm³/mol. The Kier molecular flexibility index (Phi) is 5.82. The molecule has 2 rings (SSSR count). The van der Waals surface area contributed by atoms with Crippen molar-refractivity contribution in [2.75, 3.05) is 13.6 Å². The number of nitrogens with zero attached hydrogens (tertiary/aromatic N) is 1. The molecular formula is C15H23BrN2O2S. The molecule has 0 heterocycles. The summed E-state index contributed by atoms with van der Waals surface area (Å²) in [4.78, 5) is 0.379. The van der Waals surface area contributed by atoms with Crippen molar-refractivity contribution in [3.05, 3.63) is 28.2 Å². The van der Waals surface area contributed by atoms with Gasteiger partial charge in [0, 0.05) is 23.6 Å². The Bertz CT molecular complexity index is 583. The minimum Gasteiger partial charge on any atom is -0.316 e. The highest BCUT2D eigenvalue weighted by atomic mass is 79.9. The maximum atomic E-state index is 13.0. The van der Waals surface area contributed by atoms with E-state index < -0.39 is 10.0 Å². The maximum absolute atomic E-state index is 13.0. The summed E-state index contributed by atoms with van der Waals surface area (Å²) in [7, 11) is -1.59. The van der Waals surface area contributed by atoms with Crippen LogP contribution in [0.3, 0.4) is 0 Å². The molecule has 1 aliphatic rings. The Morgan fingerprint density at radius 1 is 1.33 bits per heavy atom. The zero-order valence-electron chi connectivity index (χ0n) is 12.6. The predicted octanol–water partition coefficient (Wildman–Crippen LogP) is 3.12. The number of hydrogen-bond acceptors (Lipinski definition) is 3. The molecule has 0 radical (unpaired) electrons. The van der Waals surface area contributed by atoms with Gasteiger partial charge in [-0.3, -0.25) is 0 Å². The van der Waals surface area contributed by atoms with Gasteiger partial charge in [-0.25, -0.2) is 8.42 Å². The summed E-state index contributed by atoms with van der Waals surface area (Å²) in [5, 5.41) is 3.06. The summed E-state index contributed by atoms with van der Waals surface area (Å²) in [5.74, 6) is 0. The molecule has 21 heavy (non-hydrogen) atoms. The molecule has 1 fully saturated rings. The molecule has 0 aliphatic heterocycles. The van der Waals surface area contributed by atoms with Crippen LogP contribution in [0.2, 0.25) is 0 Å². The highest BCUT2D eigenvalue weighted by molar-refractivity contribution is 9.10. The van der Waals surface area contributed by atoms with E-state index in [0.29, 0.717) is 22.5 Å². The van der Waals surface area contributed by atoms with Crippen LogP contribution in [0.1, 0.15) is 38.2 Å². The van der Waals surface area contributed by atoms with Crippen LogP contribution in [0.5, 0.6) is 0 Å². The maximum Gasteiger partial charge on any atom is 0.244 e. The molecule has 0 saturated heterocycles. The SMILES string of the molecule is CCN(C1CCCC1)S(=O)(=O)c1cc(CNC)ccc1Br. The molecule has 1 aromatic rings. The van der Waals surface area contributed by atoms with Crippen molar-refractivity contribution in [3.63, 3.8) is 0 Å². The van der Waals surface area contributed by atoms with E-state index in [1.165, 1.54) is 0 Å². The first kappa shape index (κ1) is 16.9. The zero-order chi connectivity index (χ0) is 15.5. The molecule has 118 valence electrons. The van der Waals surface area contributed by atoms with Crippen molar-refractivity contribution in [2.24, 2.45) is 0 Å². The number of sulfonamides is 1. The van der Waals surface area contributed by atoms with Crippen molar-refractivity contribution in [1.29, 1.82) is 0 Å². The van der Waals surface area contributed by atoms with Gasteiger partial charge < -0.3 is 5.32 Å². The van der Waals surface area contributed by atoms with Crippen LogP contribution in [-0.4, -0.2) is 32.4 Å². The van der Waals surface area contributed by atoms with E-state index in [-0.39, 0.29) is 6.04 Å². The first-order valence-corrected chi connectivity index (χ1v) is 9.69. The fourth-order valence-corrected chi connectivity index (χ4v) is 5.67. The average molecular weight is 375 g/mol. The monoisotopic (exact) mass is 374 g/mol. The molecule has 1 aromatic carbocycles. The van der Waals surface area contributed by atoms with Gasteiger partial charge in [-0.2, -0.15) is 4.31 Å². The fraction of sp³-hybridized carbons (Fsp3) is 0.600. The number of nitrogens with one attached hydrogen (secondary N) is 1. The molecule has 0 atom stereocenters. The lowest BCUT2D eigenvalue weighted by atomic mass is 10.2. The molecule has 0 unspecified atom stereocenters. The van der Waals surface area contributed by atoms with E-state index in [0.717, 1.165) is 31.2 Å². The van der Waals surface area contributed by atoms with Crippen molar-refractivity contribution >= 4 is 26.0 Å². The molecule has 6 heteroatoms. The molecule has 1 N–H and O–H groups in total. The molecule has 1 aliphatic carbocycles. The number of rotatable bonds is 6. The van der Waals surface area contributed by atoms with Crippen LogP contribution in [0.15, 0.2) is 27.6 Å². The smallest absolute Gasteiger partial charge is 0.244 e. The Labute approximate surface area is 136 Å². The van der Waals surface area contributed by atoms with E-state index >= 15 is 0 Å². The second kappa shape index (κ2) is 7.22. The molecule has 0 amide bonds. The third-order valence-electron chi connectivity index (χ3n) is 4.01. The van der Waals surface area contributed by atoms with Crippen molar-refractivity contribution in [3.8, 4) is 0 Å². The zero-order valence-corrected chi connectivity index (χ0v) is 15.0. The first-order valence-electron chi connectivity index (χ1n) is 7.45. The van der Waals surface area contributed by atoms with Crippen LogP contribution in [-0.2, 0) is 16.6 Å². The third kappa shape index (κ3) is 3.67. The van der Waals surface area contributed by atoms with E-state index in [9.17, 15) is 8.42 Å². The standard InChI is InChI=1S/C15H23BrN2O2S/c1-3-18(13-6-4-5-7-13)21(19,20)15-10-12(11-17-2)8-9-14(15)16/h8-10,13,17H,3-7,11H2,1-2H3. The molecule has 0 aromatic heterocycles. The van der Waals surface area contributed by atoms with E-state index in [4.69, 9.17) is 0 Å². The lowest BCUT2D eigenvalue weighted by Crippen LogP contribution is -2.38. The van der Waals surface area contributed by atoms with Crippen molar-refractivity contribution < 1.29 is 8.42 Å². The fourth-order valence-electron chi connectivity index (χ4n) is 3.00. The van der Waals surface area contributed by atoms with Crippen molar-refractivity contribution in [2.45, 2.75) is 50.1 Å². The first-order chi connectivity index (χ1) is 10.0. The Hall–Kier alpha value is -0.430. The van der Waals surface area contributed by atoms with Crippen LogP contribution in [0.4, 0.5) is 0 Å². The lowest BCUT2D eigenvalue weighted by molar-refractivity contribution is 0.335. The van der Waals surface area contributed by atoms with Gasteiger partial charge >= 0.3 is 0 Å². The minimum atomic E-state index is -3.45. The minimum absolute atomic E-state index is 0.153. The van der Waals surface area contributed by atoms with Crippen LogP contribution >= 0.6 is 15.9 Å². The normalized spacial score (nSPS) is 16.8. The van der Waals surface area contributed by atoms with Gasteiger partial charge in [0.2, 0.25) is 10.0 Å². The second-order valence-electron chi connectivity index (χ2n) is 5.44. The van der Waals surface area contributed by atoms with E-state index in [1.807, 2.05) is 26.1 Å². The largest absolute Gasteiger partial charge is 0.316 e. The highest BCUT2D eigenvalue weighted by Gasteiger charge is 2.33. The van der Waals surface area contributed by atoms with Crippen LogP contribution < -0.4 is 5.32 Å². The van der Waals surface area contributed by atoms with Crippen molar-refractivity contribution in [1.82, 2.24) is 9.62 Å². The number of halogens is 1. The van der Waals surface area contributed by atoms with Gasteiger partial charge in [0.1, 0.15) is 0 Å². The highest BCUT2D eigenvalue weighted by Crippen LogP contribution is 2.32. The molecule has 4 nitrogen and oxygen atoms in total. The van der Waals surface area contributed by atoms with E-state index in [1.54, 1.807) is 10.4 Å². The second-order valence-corrected chi connectivity index (χ2v) is 8.16. The van der Waals surface area contributed by atoms with Gasteiger partial charge in [-0.05, 0) is 53.5 Å². The van der Waals surface area contributed by atoms with Gasteiger partial charge in [0.25, 0.3) is 0 Å². The Morgan fingerprint density at radius 2 is 2.00 bits per heavy atom. The summed E-state index contributed by atoms with van der Waals surface area (Å²) < 4.78 is 28.3. The summed E-state index contributed by atoms with van der Waals surface area (Å²) in [6.07, 6.45) is 4.19. The quantitative estimate of drug-likeness (QED) is 0.831. The topological polar surface area (TPSA) is 49.4 Å². The number of benzene rings is 1. The average Bonchev–Trinajstić information content (AvgIpc) is 2.95. The van der Waals surface area contributed by atoms with Crippen LogP contribution in [0, 0.1) is 0 Å². The van der Waals surface area contributed by atoms with Gasteiger partial charge in [-0.15, -0.1) is 0 Å². The summed E-state index contributed by atoms with van der Waals surface area (Å²) >= 11 is 3.40. The Morgan fingerprint density at radius 3 is 2.57 bits per heavy atom.